The van der Waals surface area contributed by atoms with Gasteiger partial charge in [-0.3, -0.25) is 0 Å². The van der Waals surface area contributed by atoms with E-state index in [9.17, 15) is 0 Å². The second kappa shape index (κ2) is 5.93. The van der Waals surface area contributed by atoms with Crippen LogP contribution in [-0.4, -0.2) is 20.2 Å². The van der Waals surface area contributed by atoms with E-state index < -0.39 is 0 Å². The Morgan fingerprint density at radius 2 is 1.90 bits per heavy atom. The third kappa shape index (κ3) is 3.03. The molecule has 0 fully saturated rings. The molecule has 0 aliphatic rings. The van der Waals surface area contributed by atoms with E-state index >= 15 is 0 Å². The Bertz CT molecular complexity index is 739. The van der Waals surface area contributed by atoms with Gasteiger partial charge >= 0.3 is 0 Å². The zero-order valence-corrected chi connectivity index (χ0v) is 12.0. The largest absolute Gasteiger partial charge is 0.398 e. The number of aromatic nitrogens is 4. The number of anilines is 1. The highest BCUT2D eigenvalue weighted by Gasteiger charge is 2.12. The molecule has 0 saturated carbocycles. The summed E-state index contributed by atoms with van der Waals surface area (Å²) in [7, 11) is 0. The Labute approximate surface area is 127 Å². The molecule has 3 aromatic rings. The molecule has 0 aliphatic carbocycles. The molecule has 5 nitrogen and oxygen atoms in total. The summed E-state index contributed by atoms with van der Waals surface area (Å²) in [6, 6.07) is 15.5. The molecule has 0 spiro atoms. The van der Waals surface area contributed by atoms with E-state index in [1.54, 1.807) is 22.9 Å². The van der Waals surface area contributed by atoms with E-state index in [4.69, 9.17) is 17.3 Å². The van der Waals surface area contributed by atoms with Crippen molar-refractivity contribution < 1.29 is 0 Å². The predicted molar refractivity (Wildman–Crippen MR) is 82.8 cm³/mol. The van der Waals surface area contributed by atoms with Gasteiger partial charge in [0.25, 0.3) is 0 Å². The molecule has 106 valence electrons. The van der Waals surface area contributed by atoms with Crippen molar-refractivity contribution in [2.45, 2.75) is 13.0 Å². The van der Waals surface area contributed by atoms with Gasteiger partial charge in [-0.15, -0.1) is 5.10 Å². The molecule has 21 heavy (non-hydrogen) atoms. The number of hydrogen-bond acceptors (Lipinski definition) is 4. The minimum Gasteiger partial charge on any atom is -0.398 e. The van der Waals surface area contributed by atoms with Gasteiger partial charge in [0.1, 0.15) is 0 Å². The van der Waals surface area contributed by atoms with Crippen LogP contribution >= 0.6 is 11.6 Å². The lowest BCUT2D eigenvalue weighted by Crippen LogP contribution is -2.06. The summed E-state index contributed by atoms with van der Waals surface area (Å²) >= 11 is 6.03. The van der Waals surface area contributed by atoms with Crippen LogP contribution in [-0.2, 0) is 13.0 Å². The van der Waals surface area contributed by atoms with Gasteiger partial charge in [-0.05, 0) is 40.6 Å². The van der Waals surface area contributed by atoms with Crippen molar-refractivity contribution in [1.82, 2.24) is 20.2 Å². The topological polar surface area (TPSA) is 69.6 Å². The molecule has 0 atom stereocenters. The molecule has 1 aromatic heterocycles. The SMILES string of the molecule is Nc1ccc(Cl)cc1-c1nnnn1CCc1ccccc1. The van der Waals surface area contributed by atoms with Crippen LogP contribution in [0.4, 0.5) is 5.69 Å². The van der Waals surface area contributed by atoms with Gasteiger partial charge in [0.15, 0.2) is 5.82 Å². The summed E-state index contributed by atoms with van der Waals surface area (Å²) in [6.45, 7) is 0.679. The highest BCUT2D eigenvalue weighted by atomic mass is 35.5. The Morgan fingerprint density at radius 3 is 2.71 bits per heavy atom. The first-order valence-electron chi connectivity index (χ1n) is 6.59. The van der Waals surface area contributed by atoms with Gasteiger partial charge < -0.3 is 5.73 Å². The number of halogens is 1. The predicted octanol–water partition coefficient (Wildman–Crippen LogP) is 2.82. The maximum Gasteiger partial charge on any atom is 0.184 e. The quantitative estimate of drug-likeness (QED) is 0.752. The second-order valence-electron chi connectivity index (χ2n) is 4.69. The van der Waals surface area contributed by atoms with Crippen LogP contribution in [0.5, 0.6) is 0 Å². The fraction of sp³-hybridized carbons (Fsp3) is 0.133. The van der Waals surface area contributed by atoms with Gasteiger partial charge in [-0.25, -0.2) is 4.68 Å². The minimum absolute atomic E-state index is 0.607. The van der Waals surface area contributed by atoms with Gasteiger partial charge in [0.05, 0.1) is 0 Å². The average molecular weight is 300 g/mol. The smallest absolute Gasteiger partial charge is 0.184 e. The molecule has 0 bridgehead atoms. The fourth-order valence-electron chi connectivity index (χ4n) is 2.15. The average Bonchev–Trinajstić information content (AvgIpc) is 2.97. The molecule has 2 N–H and O–H groups in total. The minimum atomic E-state index is 0.607. The van der Waals surface area contributed by atoms with E-state index in [1.165, 1.54) is 5.56 Å². The lowest BCUT2D eigenvalue weighted by Gasteiger charge is -2.07. The van der Waals surface area contributed by atoms with E-state index in [0.29, 0.717) is 23.1 Å². The Hall–Kier alpha value is -2.40. The molecule has 0 saturated heterocycles. The lowest BCUT2D eigenvalue weighted by molar-refractivity contribution is 0.594. The van der Waals surface area contributed by atoms with Gasteiger partial charge in [-0.2, -0.15) is 0 Å². The van der Waals surface area contributed by atoms with E-state index in [0.717, 1.165) is 12.0 Å². The first kappa shape index (κ1) is 13.6. The maximum absolute atomic E-state index is 6.03. The van der Waals surface area contributed by atoms with Crippen molar-refractivity contribution >= 4 is 17.3 Å². The molecule has 1 heterocycles. The van der Waals surface area contributed by atoms with Crippen molar-refractivity contribution in [3.63, 3.8) is 0 Å². The first-order valence-corrected chi connectivity index (χ1v) is 6.97. The third-order valence-electron chi connectivity index (χ3n) is 3.24. The Kier molecular flexibility index (Phi) is 3.83. The summed E-state index contributed by atoms with van der Waals surface area (Å²) in [5.41, 5.74) is 8.58. The number of rotatable bonds is 4. The second-order valence-corrected chi connectivity index (χ2v) is 5.13. The number of aryl methyl sites for hydroxylation is 2. The van der Waals surface area contributed by atoms with Crippen molar-refractivity contribution in [2.75, 3.05) is 5.73 Å². The van der Waals surface area contributed by atoms with Crippen LogP contribution in [0.3, 0.4) is 0 Å². The first-order chi connectivity index (χ1) is 10.2. The molecule has 0 unspecified atom stereocenters. The molecule has 2 aromatic carbocycles. The molecule has 0 radical (unpaired) electrons. The highest BCUT2D eigenvalue weighted by Crippen LogP contribution is 2.26. The molecular formula is C15H14ClN5. The zero-order valence-electron chi connectivity index (χ0n) is 11.3. The summed E-state index contributed by atoms with van der Waals surface area (Å²) in [5, 5.41) is 12.5. The lowest BCUT2D eigenvalue weighted by atomic mass is 10.1. The van der Waals surface area contributed by atoms with Crippen molar-refractivity contribution in [2.24, 2.45) is 0 Å². The zero-order chi connectivity index (χ0) is 14.7. The third-order valence-corrected chi connectivity index (χ3v) is 3.48. The number of benzene rings is 2. The van der Waals surface area contributed by atoms with Gasteiger partial charge in [0, 0.05) is 22.8 Å². The van der Waals surface area contributed by atoms with Gasteiger partial charge in [-0.1, -0.05) is 41.9 Å². The van der Waals surface area contributed by atoms with Crippen molar-refractivity contribution in [3.05, 3.63) is 59.1 Å². The van der Waals surface area contributed by atoms with Crippen LogP contribution < -0.4 is 5.73 Å². The Balaban J connectivity index is 1.86. The number of nitrogens with two attached hydrogens (primary N) is 1. The van der Waals surface area contributed by atoms with E-state index in [-0.39, 0.29) is 0 Å². The van der Waals surface area contributed by atoms with Crippen LogP contribution in [0.2, 0.25) is 5.02 Å². The Morgan fingerprint density at radius 1 is 1.10 bits per heavy atom. The van der Waals surface area contributed by atoms with Crippen molar-refractivity contribution in [1.29, 1.82) is 0 Å². The monoisotopic (exact) mass is 299 g/mol. The number of tetrazole rings is 1. The molecule has 3 rings (SSSR count). The van der Waals surface area contributed by atoms with Crippen LogP contribution in [0.1, 0.15) is 5.56 Å². The molecule has 6 heteroatoms. The fourth-order valence-corrected chi connectivity index (χ4v) is 2.32. The number of nitrogen functional groups attached to an aromatic ring is 1. The maximum atomic E-state index is 6.03. The van der Waals surface area contributed by atoms with E-state index in [1.807, 2.05) is 18.2 Å². The van der Waals surface area contributed by atoms with Crippen LogP contribution in [0.15, 0.2) is 48.5 Å². The molecule has 0 amide bonds. The molecular weight excluding hydrogens is 286 g/mol. The van der Waals surface area contributed by atoms with Crippen LogP contribution in [0.25, 0.3) is 11.4 Å². The summed E-state index contributed by atoms with van der Waals surface area (Å²) in [6.07, 6.45) is 0.847. The standard InChI is InChI=1S/C15H14ClN5/c16-12-6-7-14(17)13(10-12)15-18-19-20-21(15)9-8-11-4-2-1-3-5-11/h1-7,10H,8-9,17H2. The van der Waals surface area contributed by atoms with E-state index in [2.05, 4.69) is 27.7 Å². The number of hydrogen-bond donors (Lipinski definition) is 1. The number of nitrogens with zero attached hydrogens (tertiary/aromatic N) is 4. The van der Waals surface area contributed by atoms with Crippen molar-refractivity contribution in [3.8, 4) is 11.4 Å². The molecule has 0 aliphatic heterocycles. The normalized spacial score (nSPS) is 10.7. The summed E-state index contributed by atoms with van der Waals surface area (Å²) in [5.74, 6) is 0.630. The summed E-state index contributed by atoms with van der Waals surface area (Å²) in [4.78, 5) is 0. The van der Waals surface area contributed by atoms with Gasteiger partial charge in [0.2, 0.25) is 0 Å². The highest BCUT2D eigenvalue weighted by molar-refractivity contribution is 6.31. The summed E-state index contributed by atoms with van der Waals surface area (Å²) < 4.78 is 1.75. The van der Waals surface area contributed by atoms with Crippen LogP contribution in [0, 0.1) is 0 Å².